The molecule has 0 spiro atoms. The van der Waals surface area contributed by atoms with Gasteiger partial charge in [0.05, 0.1) is 11.1 Å². The first-order valence-corrected chi connectivity index (χ1v) is 5.79. The van der Waals surface area contributed by atoms with Crippen molar-refractivity contribution in [3.8, 4) is 11.1 Å². The average Bonchev–Trinajstić information content (AvgIpc) is 2.74. The zero-order valence-electron chi connectivity index (χ0n) is 9.88. The molecule has 2 N–H and O–H groups in total. The van der Waals surface area contributed by atoms with Crippen molar-refractivity contribution in [3.63, 3.8) is 0 Å². The number of hydrogen-bond acceptors (Lipinski definition) is 2. The molecule has 0 aliphatic heterocycles. The van der Waals surface area contributed by atoms with Crippen LogP contribution in [0.3, 0.4) is 0 Å². The van der Waals surface area contributed by atoms with E-state index in [1.165, 1.54) is 0 Å². The summed E-state index contributed by atoms with van der Waals surface area (Å²) < 4.78 is 0. The van der Waals surface area contributed by atoms with E-state index in [0.29, 0.717) is 6.42 Å². The lowest BCUT2D eigenvalue weighted by Crippen LogP contribution is -1.97. The highest BCUT2D eigenvalue weighted by atomic mass is 16.4. The first-order chi connectivity index (χ1) is 9.06. The maximum Gasteiger partial charge on any atom is 0.335 e. The van der Waals surface area contributed by atoms with E-state index in [9.17, 15) is 9.59 Å². The van der Waals surface area contributed by atoms with Crippen molar-refractivity contribution in [1.82, 2.24) is 0 Å². The number of rotatable bonds is 2. The Morgan fingerprint density at radius 2 is 1.21 bits per heavy atom. The van der Waals surface area contributed by atoms with Gasteiger partial charge in [-0.05, 0) is 52.9 Å². The second-order valence-electron chi connectivity index (χ2n) is 4.53. The summed E-state index contributed by atoms with van der Waals surface area (Å²) in [5.41, 5.74) is 4.33. The largest absolute Gasteiger partial charge is 0.478 e. The lowest BCUT2D eigenvalue weighted by Gasteiger charge is -2.02. The standard InChI is InChI=1S/C15H10O4/c16-14(17)8-1-3-12-10(5-8)7-11-6-9(15(18)19)2-4-13(11)12/h1-6H,7H2,(H,16,17)(H,18,19). The Morgan fingerprint density at radius 1 is 0.789 bits per heavy atom. The number of benzene rings is 2. The summed E-state index contributed by atoms with van der Waals surface area (Å²) in [7, 11) is 0. The highest BCUT2D eigenvalue weighted by molar-refractivity contribution is 5.92. The van der Waals surface area contributed by atoms with Gasteiger partial charge in [0.25, 0.3) is 0 Å². The first-order valence-electron chi connectivity index (χ1n) is 5.79. The SMILES string of the molecule is O=C(O)c1ccc2c(c1)Cc1cc(C(=O)O)ccc1-2. The van der Waals surface area contributed by atoms with Gasteiger partial charge in [0.15, 0.2) is 0 Å². The minimum Gasteiger partial charge on any atom is -0.478 e. The van der Waals surface area contributed by atoms with Gasteiger partial charge in [-0.3, -0.25) is 0 Å². The highest BCUT2D eigenvalue weighted by Crippen LogP contribution is 2.37. The van der Waals surface area contributed by atoms with Crippen LogP contribution >= 0.6 is 0 Å². The number of aromatic carboxylic acids is 2. The van der Waals surface area contributed by atoms with Crippen molar-refractivity contribution >= 4 is 11.9 Å². The summed E-state index contributed by atoms with van der Waals surface area (Å²) in [5, 5.41) is 17.9. The highest BCUT2D eigenvalue weighted by Gasteiger charge is 2.20. The molecule has 2 aromatic rings. The molecule has 0 saturated carbocycles. The van der Waals surface area contributed by atoms with Gasteiger partial charge in [-0.2, -0.15) is 0 Å². The summed E-state index contributed by atoms with van der Waals surface area (Å²) in [4.78, 5) is 21.9. The van der Waals surface area contributed by atoms with E-state index >= 15 is 0 Å². The molecule has 2 aromatic carbocycles. The van der Waals surface area contributed by atoms with E-state index in [2.05, 4.69) is 0 Å². The molecule has 0 heterocycles. The summed E-state index contributed by atoms with van der Waals surface area (Å²) in [5.74, 6) is -1.91. The molecule has 4 nitrogen and oxygen atoms in total. The summed E-state index contributed by atoms with van der Waals surface area (Å²) in [6.07, 6.45) is 0.576. The molecule has 0 fully saturated rings. The molecule has 0 bridgehead atoms. The van der Waals surface area contributed by atoms with Crippen molar-refractivity contribution in [2.45, 2.75) is 6.42 Å². The zero-order chi connectivity index (χ0) is 13.6. The van der Waals surface area contributed by atoms with E-state index in [1.807, 2.05) is 0 Å². The molecule has 19 heavy (non-hydrogen) atoms. The maximum absolute atomic E-state index is 10.9. The number of carboxylic acids is 2. The van der Waals surface area contributed by atoms with Gasteiger partial charge in [-0.15, -0.1) is 0 Å². The smallest absolute Gasteiger partial charge is 0.335 e. The number of hydrogen-bond donors (Lipinski definition) is 2. The molecule has 94 valence electrons. The third-order valence-electron chi connectivity index (χ3n) is 3.38. The Balaban J connectivity index is 2.10. The molecule has 0 atom stereocenters. The van der Waals surface area contributed by atoms with Crippen molar-refractivity contribution in [1.29, 1.82) is 0 Å². The lowest BCUT2D eigenvalue weighted by atomic mass is 10.0. The van der Waals surface area contributed by atoms with Crippen LogP contribution in [0.1, 0.15) is 31.8 Å². The fourth-order valence-electron chi connectivity index (χ4n) is 2.48. The fraction of sp³-hybridized carbons (Fsp3) is 0.0667. The predicted molar refractivity (Wildman–Crippen MR) is 68.6 cm³/mol. The van der Waals surface area contributed by atoms with Crippen LogP contribution in [0.2, 0.25) is 0 Å². The van der Waals surface area contributed by atoms with E-state index in [-0.39, 0.29) is 11.1 Å². The Morgan fingerprint density at radius 3 is 1.58 bits per heavy atom. The Labute approximate surface area is 108 Å². The van der Waals surface area contributed by atoms with E-state index in [0.717, 1.165) is 22.3 Å². The summed E-state index contributed by atoms with van der Waals surface area (Å²) in [6, 6.07) is 10.0. The maximum atomic E-state index is 10.9. The Hall–Kier alpha value is -2.62. The van der Waals surface area contributed by atoms with Crippen molar-refractivity contribution < 1.29 is 19.8 Å². The molecule has 1 aliphatic carbocycles. The van der Waals surface area contributed by atoms with Crippen LogP contribution in [0, 0.1) is 0 Å². The normalized spacial score (nSPS) is 11.8. The number of fused-ring (bicyclic) bond motifs is 3. The third kappa shape index (κ3) is 1.78. The molecule has 0 saturated heterocycles. The molecule has 1 aliphatic rings. The zero-order valence-corrected chi connectivity index (χ0v) is 9.88. The van der Waals surface area contributed by atoms with Gasteiger partial charge >= 0.3 is 11.9 Å². The second-order valence-corrected chi connectivity index (χ2v) is 4.53. The summed E-state index contributed by atoms with van der Waals surface area (Å²) in [6.45, 7) is 0. The molecule has 0 radical (unpaired) electrons. The lowest BCUT2D eigenvalue weighted by molar-refractivity contribution is 0.0686. The van der Waals surface area contributed by atoms with Crippen LogP contribution in [0.15, 0.2) is 36.4 Å². The van der Waals surface area contributed by atoms with Gasteiger partial charge in [-0.25, -0.2) is 9.59 Å². The van der Waals surface area contributed by atoms with Crippen LogP contribution in [0.25, 0.3) is 11.1 Å². The van der Waals surface area contributed by atoms with Crippen LogP contribution in [0.5, 0.6) is 0 Å². The quantitative estimate of drug-likeness (QED) is 0.737. The molecule has 3 rings (SSSR count). The molecule has 4 heteroatoms. The van der Waals surface area contributed by atoms with Crippen LogP contribution in [0.4, 0.5) is 0 Å². The predicted octanol–water partition coefficient (Wildman–Crippen LogP) is 2.65. The number of carbonyl (C=O) groups is 2. The fourth-order valence-corrected chi connectivity index (χ4v) is 2.48. The van der Waals surface area contributed by atoms with Gasteiger partial charge in [0, 0.05) is 0 Å². The van der Waals surface area contributed by atoms with Crippen LogP contribution in [-0.2, 0) is 6.42 Å². The van der Waals surface area contributed by atoms with Gasteiger partial charge in [0.1, 0.15) is 0 Å². The minimum atomic E-state index is -0.954. The molecule has 0 amide bonds. The van der Waals surface area contributed by atoms with Crippen molar-refractivity contribution in [3.05, 3.63) is 58.7 Å². The topological polar surface area (TPSA) is 74.6 Å². The van der Waals surface area contributed by atoms with E-state index in [1.54, 1.807) is 36.4 Å². The average molecular weight is 254 g/mol. The monoisotopic (exact) mass is 254 g/mol. The van der Waals surface area contributed by atoms with Crippen LogP contribution in [-0.4, -0.2) is 22.2 Å². The van der Waals surface area contributed by atoms with Gasteiger partial charge in [-0.1, -0.05) is 12.1 Å². The van der Waals surface area contributed by atoms with E-state index in [4.69, 9.17) is 10.2 Å². The molecule has 0 aromatic heterocycles. The molecular formula is C15H10O4. The van der Waals surface area contributed by atoms with Crippen LogP contribution < -0.4 is 0 Å². The minimum absolute atomic E-state index is 0.255. The van der Waals surface area contributed by atoms with Gasteiger partial charge in [0.2, 0.25) is 0 Å². The number of carboxylic acid groups (broad SMARTS) is 2. The second kappa shape index (κ2) is 3.95. The molecular weight excluding hydrogens is 244 g/mol. The summed E-state index contributed by atoms with van der Waals surface area (Å²) >= 11 is 0. The van der Waals surface area contributed by atoms with E-state index < -0.39 is 11.9 Å². The van der Waals surface area contributed by atoms with Crippen molar-refractivity contribution in [2.75, 3.05) is 0 Å². The Bertz CT molecular complexity index is 655. The van der Waals surface area contributed by atoms with Crippen molar-refractivity contribution in [2.24, 2.45) is 0 Å². The Kier molecular flexibility index (Phi) is 2.38. The van der Waals surface area contributed by atoms with Gasteiger partial charge < -0.3 is 10.2 Å². The molecule has 0 unspecified atom stereocenters. The first kappa shape index (κ1) is 11.5. The third-order valence-corrected chi connectivity index (χ3v) is 3.38.